The van der Waals surface area contributed by atoms with E-state index < -0.39 is 10.0 Å². The topological polar surface area (TPSA) is 111 Å². The van der Waals surface area contributed by atoms with Crippen LogP contribution in [0.5, 0.6) is 5.75 Å². The molecule has 8 nitrogen and oxygen atoms in total. The number of benzene rings is 1. The van der Waals surface area contributed by atoms with Gasteiger partial charge < -0.3 is 14.6 Å². The molecular weight excluding hydrogens is 450 g/mol. The first-order valence-corrected chi connectivity index (χ1v) is 11.3. The molecule has 0 saturated carbocycles. The minimum absolute atomic E-state index is 0.130. The highest BCUT2D eigenvalue weighted by Crippen LogP contribution is 2.30. The summed E-state index contributed by atoms with van der Waals surface area (Å²) in [6, 6.07) is 7.78. The van der Waals surface area contributed by atoms with Crippen molar-refractivity contribution in [3.05, 3.63) is 51.7 Å². The zero-order valence-electron chi connectivity index (χ0n) is 16.2. The molecule has 3 rings (SSSR count). The van der Waals surface area contributed by atoms with Crippen LogP contribution < -0.4 is 14.8 Å². The third-order valence-electron chi connectivity index (χ3n) is 3.86. The lowest BCUT2D eigenvalue weighted by atomic mass is 10.2. The van der Waals surface area contributed by atoms with Crippen LogP contribution in [0.1, 0.15) is 23.3 Å². The number of thiophene rings is 1. The van der Waals surface area contributed by atoms with Crippen LogP contribution >= 0.6 is 22.9 Å². The molecule has 11 heteroatoms. The van der Waals surface area contributed by atoms with E-state index >= 15 is 0 Å². The number of halogens is 1. The third-order valence-corrected chi connectivity index (χ3v) is 7.08. The number of hydrogen-bond donors (Lipinski definition) is 2. The lowest BCUT2D eigenvalue weighted by molar-refractivity contribution is -0.114. The monoisotopic (exact) mass is 467 g/mol. The molecule has 0 atom stereocenters. The molecule has 158 valence electrons. The Bertz CT molecular complexity index is 1210. The molecule has 1 aromatic carbocycles. The fraction of sp³-hybridized carbons (Fsp3) is 0.158. The molecule has 30 heavy (non-hydrogen) atoms. The summed E-state index contributed by atoms with van der Waals surface area (Å²) in [4.78, 5) is 12.0. The first kappa shape index (κ1) is 21.9. The smallest absolute Gasteiger partial charge is 0.271 e. The van der Waals surface area contributed by atoms with Crippen LogP contribution in [0, 0.1) is 6.92 Å². The van der Waals surface area contributed by atoms with Gasteiger partial charge in [0.1, 0.15) is 21.3 Å². The van der Waals surface area contributed by atoms with Crippen molar-refractivity contribution in [2.45, 2.75) is 18.1 Å². The minimum atomic E-state index is -3.79. The van der Waals surface area contributed by atoms with Crippen molar-refractivity contribution in [1.82, 2.24) is 5.16 Å². The van der Waals surface area contributed by atoms with Crippen molar-refractivity contribution in [2.24, 2.45) is 0 Å². The van der Waals surface area contributed by atoms with Crippen LogP contribution in [0.4, 0.5) is 11.4 Å². The fourth-order valence-electron chi connectivity index (χ4n) is 2.49. The predicted octanol–water partition coefficient (Wildman–Crippen LogP) is 4.64. The van der Waals surface area contributed by atoms with E-state index in [9.17, 15) is 13.2 Å². The Hall–Kier alpha value is -2.82. The van der Waals surface area contributed by atoms with E-state index in [0.717, 1.165) is 11.3 Å². The molecule has 0 aliphatic carbocycles. The molecule has 0 unspecified atom stereocenters. The Balaban J connectivity index is 1.78. The molecule has 1 amide bonds. The summed E-state index contributed by atoms with van der Waals surface area (Å²) in [6.07, 6.45) is 3.30. The van der Waals surface area contributed by atoms with Crippen molar-refractivity contribution in [2.75, 3.05) is 17.1 Å². The Morgan fingerprint density at radius 3 is 2.70 bits per heavy atom. The Labute approximate surface area is 182 Å². The van der Waals surface area contributed by atoms with E-state index in [1.54, 1.807) is 37.3 Å². The number of methoxy groups -OCH3 is 1. The molecule has 0 saturated heterocycles. The highest BCUT2D eigenvalue weighted by Gasteiger charge is 2.18. The van der Waals surface area contributed by atoms with Gasteiger partial charge in [-0.1, -0.05) is 16.8 Å². The van der Waals surface area contributed by atoms with Crippen molar-refractivity contribution >= 4 is 62.4 Å². The Morgan fingerprint density at radius 1 is 1.27 bits per heavy atom. The first-order chi connectivity index (χ1) is 14.2. The number of amides is 1. The number of hydrogen-bond acceptors (Lipinski definition) is 7. The second-order valence-corrected chi connectivity index (χ2v) is 9.57. The Morgan fingerprint density at radius 2 is 2.03 bits per heavy atom. The predicted molar refractivity (Wildman–Crippen MR) is 118 cm³/mol. The summed E-state index contributed by atoms with van der Waals surface area (Å²) in [7, 11) is -2.31. The summed E-state index contributed by atoms with van der Waals surface area (Å²) >= 11 is 7.12. The van der Waals surface area contributed by atoms with E-state index in [-0.39, 0.29) is 10.1 Å². The van der Waals surface area contributed by atoms with Crippen LogP contribution in [0.25, 0.3) is 12.2 Å². The summed E-state index contributed by atoms with van der Waals surface area (Å²) in [5, 5.41) is 6.78. The van der Waals surface area contributed by atoms with Gasteiger partial charge in [-0.05, 0) is 49.4 Å². The summed E-state index contributed by atoms with van der Waals surface area (Å²) in [6.45, 7) is 3.10. The number of carbonyl (C=O) groups excluding carboxylic acids is 1. The SMILES string of the molecule is COc1ccc(NS(=O)(=O)c2ccc(/C=C/c3onc(C)c3NC(C)=O)s2)cc1Cl. The molecule has 0 aliphatic heterocycles. The molecule has 0 radical (unpaired) electrons. The number of aryl methyl sites for hydroxylation is 1. The van der Waals surface area contributed by atoms with Gasteiger partial charge in [0, 0.05) is 11.8 Å². The van der Waals surface area contributed by atoms with Crippen LogP contribution in [0.3, 0.4) is 0 Å². The summed E-state index contributed by atoms with van der Waals surface area (Å²) < 4.78 is 38.2. The molecule has 3 aromatic rings. The van der Waals surface area contributed by atoms with E-state index in [1.807, 2.05) is 0 Å². The number of ether oxygens (including phenoxy) is 1. The lowest BCUT2D eigenvalue weighted by Crippen LogP contribution is -2.11. The van der Waals surface area contributed by atoms with E-state index in [4.69, 9.17) is 20.9 Å². The van der Waals surface area contributed by atoms with E-state index in [1.165, 1.54) is 26.2 Å². The normalized spacial score (nSPS) is 11.6. The zero-order chi connectivity index (χ0) is 21.9. The van der Waals surface area contributed by atoms with Crippen molar-refractivity contribution in [1.29, 1.82) is 0 Å². The first-order valence-electron chi connectivity index (χ1n) is 8.58. The molecular formula is C19H18ClN3O5S2. The molecule has 0 fully saturated rings. The van der Waals surface area contributed by atoms with Crippen LogP contribution in [0.15, 0.2) is 39.1 Å². The maximum Gasteiger partial charge on any atom is 0.271 e. The molecule has 2 heterocycles. The van der Waals surface area contributed by atoms with E-state index in [2.05, 4.69) is 15.2 Å². The largest absolute Gasteiger partial charge is 0.495 e. The maximum atomic E-state index is 12.7. The lowest BCUT2D eigenvalue weighted by Gasteiger charge is -2.08. The van der Waals surface area contributed by atoms with Gasteiger partial charge in [-0.2, -0.15) is 0 Å². The number of anilines is 2. The average molecular weight is 468 g/mol. The van der Waals surface area contributed by atoms with Gasteiger partial charge >= 0.3 is 0 Å². The standard InChI is InChI=1S/C19H18ClN3O5S2/c1-11-19(21-12(2)24)17(28-22-11)8-5-14-6-9-18(29-14)30(25,26)23-13-4-7-16(27-3)15(20)10-13/h4-10,23H,1-3H3,(H,21,24)/b8-5+. The second-order valence-electron chi connectivity index (χ2n) is 6.13. The van der Waals surface area contributed by atoms with Gasteiger partial charge in [-0.25, -0.2) is 8.42 Å². The number of nitrogens with one attached hydrogen (secondary N) is 2. The van der Waals surface area contributed by atoms with Crippen LogP contribution in [0.2, 0.25) is 5.02 Å². The maximum absolute atomic E-state index is 12.7. The van der Waals surface area contributed by atoms with Crippen molar-refractivity contribution < 1.29 is 22.5 Å². The van der Waals surface area contributed by atoms with Gasteiger partial charge in [0.25, 0.3) is 10.0 Å². The molecule has 2 aromatic heterocycles. The quantitative estimate of drug-likeness (QED) is 0.523. The zero-order valence-corrected chi connectivity index (χ0v) is 18.6. The summed E-state index contributed by atoms with van der Waals surface area (Å²) in [5.74, 6) is 0.570. The second kappa shape index (κ2) is 8.90. The van der Waals surface area contributed by atoms with Crippen LogP contribution in [-0.2, 0) is 14.8 Å². The van der Waals surface area contributed by atoms with E-state index in [0.29, 0.717) is 38.5 Å². The van der Waals surface area contributed by atoms with Crippen molar-refractivity contribution in [3.8, 4) is 5.75 Å². The van der Waals surface area contributed by atoms with Crippen LogP contribution in [-0.4, -0.2) is 26.6 Å². The fourth-order valence-corrected chi connectivity index (χ4v) is 5.03. The highest BCUT2D eigenvalue weighted by molar-refractivity contribution is 7.94. The van der Waals surface area contributed by atoms with Gasteiger partial charge in [0.05, 0.1) is 17.8 Å². The molecule has 0 spiro atoms. The summed E-state index contributed by atoms with van der Waals surface area (Å²) in [5.41, 5.74) is 1.34. The van der Waals surface area contributed by atoms with Gasteiger partial charge in [-0.3, -0.25) is 9.52 Å². The van der Waals surface area contributed by atoms with Crippen molar-refractivity contribution in [3.63, 3.8) is 0 Å². The number of sulfonamides is 1. The van der Waals surface area contributed by atoms with Gasteiger partial charge in [0.15, 0.2) is 5.76 Å². The molecule has 0 bridgehead atoms. The highest BCUT2D eigenvalue weighted by atomic mass is 35.5. The Kier molecular flexibility index (Phi) is 6.49. The number of rotatable bonds is 7. The number of aromatic nitrogens is 1. The molecule has 0 aliphatic rings. The third kappa shape index (κ3) is 5.02. The number of carbonyl (C=O) groups is 1. The van der Waals surface area contributed by atoms with Gasteiger partial charge in [-0.15, -0.1) is 11.3 Å². The van der Waals surface area contributed by atoms with Gasteiger partial charge in [0.2, 0.25) is 5.91 Å². The average Bonchev–Trinajstić information content (AvgIpc) is 3.28. The number of nitrogens with zero attached hydrogens (tertiary/aromatic N) is 1. The minimum Gasteiger partial charge on any atom is -0.495 e. The molecule has 2 N–H and O–H groups in total.